The Kier molecular flexibility index (Phi) is 23.2. The van der Waals surface area contributed by atoms with Gasteiger partial charge in [-0.05, 0) is 39.8 Å². The van der Waals surface area contributed by atoms with Crippen LogP contribution in [-0.2, 0) is 33.4 Å². The number of likely N-dealkylation sites (N-methyl/N-ethyl adjacent to an activating group) is 1. The van der Waals surface area contributed by atoms with Gasteiger partial charge in [0, 0.05) is 51.2 Å². The number of ether oxygens (including phenoxy) is 3. The van der Waals surface area contributed by atoms with Gasteiger partial charge in [0.05, 0.1) is 26.4 Å². The minimum absolute atomic E-state index is 0.221. The van der Waals surface area contributed by atoms with Crippen LogP contribution in [0.5, 0.6) is 0 Å². The smallest absolute Gasteiger partial charge is 0.305 e. The van der Waals surface area contributed by atoms with Crippen LogP contribution in [0.1, 0.15) is 78.1 Å². The second-order valence-electron chi connectivity index (χ2n) is 9.43. The van der Waals surface area contributed by atoms with Crippen LogP contribution in [0, 0.1) is 0 Å². The van der Waals surface area contributed by atoms with E-state index in [1.165, 1.54) is 12.2 Å². The molecule has 0 radical (unpaired) electrons. The summed E-state index contributed by atoms with van der Waals surface area (Å²) in [5, 5.41) is 2.69. The van der Waals surface area contributed by atoms with Gasteiger partial charge in [-0.15, -0.1) is 0 Å². The molecule has 0 aliphatic heterocycles. The maximum Gasteiger partial charge on any atom is 0.305 e. The summed E-state index contributed by atoms with van der Waals surface area (Å²) in [6.45, 7) is 7.42. The number of unbranched alkanes of at least 4 members (excludes halogenated alkanes) is 4. The fourth-order valence-corrected chi connectivity index (χ4v) is 3.30. The van der Waals surface area contributed by atoms with Crippen molar-refractivity contribution in [1.29, 1.82) is 0 Å². The quantitative estimate of drug-likeness (QED) is 0.113. The van der Waals surface area contributed by atoms with Crippen LogP contribution >= 0.6 is 0 Å². The molecule has 0 aliphatic carbocycles. The van der Waals surface area contributed by atoms with E-state index in [1.807, 2.05) is 19.0 Å². The molecule has 0 aromatic carbocycles. The Morgan fingerprint density at radius 2 is 1.24 bits per heavy atom. The van der Waals surface area contributed by atoms with Crippen molar-refractivity contribution >= 4 is 23.8 Å². The van der Waals surface area contributed by atoms with Gasteiger partial charge in [-0.3, -0.25) is 19.2 Å². The number of carbonyl (C=O) groups is 4. The van der Waals surface area contributed by atoms with Crippen molar-refractivity contribution in [3.8, 4) is 0 Å². The van der Waals surface area contributed by atoms with E-state index in [9.17, 15) is 19.2 Å². The van der Waals surface area contributed by atoms with Gasteiger partial charge in [0.25, 0.3) is 0 Å². The normalized spacial score (nSPS) is 11.1. The summed E-state index contributed by atoms with van der Waals surface area (Å²) in [4.78, 5) is 52.0. The molecule has 38 heavy (non-hydrogen) atoms. The van der Waals surface area contributed by atoms with Crippen LogP contribution in [0.2, 0.25) is 0 Å². The Bertz CT molecular complexity index is 653. The highest BCUT2D eigenvalue weighted by Gasteiger charge is 2.12. The minimum atomic E-state index is -0.378. The summed E-state index contributed by atoms with van der Waals surface area (Å²) in [7, 11) is 3.91. The van der Waals surface area contributed by atoms with Gasteiger partial charge in [0.2, 0.25) is 11.8 Å². The lowest BCUT2D eigenvalue weighted by molar-refractivity contribution is -0.144. The third kappa shape index (κ3) is 22.7. The molecule has 0 rings (SSSR count). The molecule has 10 heteroatoms. The highest BCUT2D eigenvalue weighted by molar-refractivity contribution is 5.96. The van der Waals surface area contributed by atoms with Crippen LogP contribution in [0.25, 0.3) is 0 Å². The molecular weight excluding hydrogens is 490 g/mol. The number of rotatable bonds is 24. The van der Waals surface area contributed by atoms with E-state index >= 15 is 0 Å². The molecule has 2 amide bonds. The molecule has 0 spiro atoms. The van der Waals surface area contributed by atoms with Gasteiger partial charge in [-0.2, -0.15) is 0 Å². The number of amides is 2. The molecule has 0 atom stereocenters. The van der Waals surface area contributed by atoms with Crippen molar-refractivity contribution in [3.05, 3.63) is 12.2 Å². The lowest BCUT2D eigenvalue weighted by Crippen LogP contribution is -2.33. The summed E-state index contributed by atoms with van der Waals surface area (Å²) in [6, 6.07) is 0. The highest BCUT2D eigenvalue weighted by Crippen LogP contribution is 2.04. The van der Waals surface area contributed by atoms with Crippen molar-refractivity contribution in [3.63, 3.8) is 0 Å². The predicted octanol–water partition coefficient (Wildman–Crippen LogP) is 3.09. The zero-order valence-electron chi connectivity index (χ0n) is 24.1. The highest BCUT2D eigenvalue weighted by atomic mass is 16.5. The molecule has 1 N–H and O–H groups in total. The Labute approximate surface area is 229 Å². The van der Waals surface area contributed by atoms with Crippen LogP contribution in [-0.4, -0.2) is 100 Å². The first-order valence-electron chi connectivity index (χ1n) is 14.1. The molecule has 0 heterocycles. The molecule has 0 fully saturated rings. The molecule has 0 aliphatic rings. The molecule has 0 bridgehead atoms. The summed E-state index contributed by atoms with van der Waals surface area (Å²) in [5.41, 5.74) is 0. The van der Waals surface area contributed by atoms with E-state index in [1.54, 1.807) is 4.90 Å². The first-order valence-corrected chi connectivity index (χ1v) is 14.1. The maximum atomic E-state index is 12.7. The van der Waals surface area contributed by atoms with Crippen LogP contribution in [0.4, 0.5) is 0 Å². The van der Waals surface area contributed by atoms with Crippen molar-refractivity contribution in [2.75, 3.05) is 66.7 Å². The molecule has 0 saturated heterocycles. The average Bonchev–Trinajstić information content (AvgIpc) is 2.88. The largest absolute Gasteiger partial charge is 0.466 e. The number of nitrogens with one attached hydrogen (secondary N) is 1. The van der Waals surface area contributed by atoms with Gasteiger partial charge in [0.15, 0.2) is 0 Å². The van der Waals surface area contributed by atoms with E-state index in [-0.39, 0.29) is 37.0 Å². The van der Waals surface area contributed by atoms with Crippen LogP contribution in [0.3, 0.4) is 0 Å². The third-order valence-electron chi connectivity index (χ3n) is 5.56. The molecule has 220 valence electrons. The predicted molar refractivity (Wildman–Crippen MR) is 148 cm³/mol. The second-order valence-corrected chi connectivity index (χ2v) is 9.43. The summed E-state index contributed by atoms with van der Waals surface area (Å²) in [5.74, 6) is -1.16. The molecular formula is C28H51N3O7. The van der Waals surface area contributed by atoms with Gasteiger partial charge >= 0.3 is 11.9 Å². The zero-order chi connectivity index (χ0) is 28.4. The third-order valence-corrected chi connectivity index (χ3v) is 5.56. The number of carbonyl (C=O) groups excluding carboxylic acids is 4. The van der Waals surface area contributed by atoms with Crippen LogP contribution in [0.15, 0.2) is 12.2 Å². The molecule has 0 saturated carbocycles. The fourth-order valence-electron chi connectivity index (χ4n) is 3.30. The monoisotopic (exact) mass is 541 g/mol. The van der Waals surface area contributed by atoms with Crippen molar-refractivity contribution < 1.29 is 33.4 Å². The maximum absolute atomic E-state index is 12.7. The first kappa shape index (κ1) is 35.5. The molecule has 0 aromatic rings. The van der Waals surface area contributed by atoms with Gasteiger partial charge in [0.1, 0.15) is 0 Å². The minimum Gasteiger partial charge on any atom is -0.466 e. The fraction of sp³-hybridized carbons (Fsp3) is 0.786. The Hall–Kier alpha value is -2.46. The summed E-state index contributed by atoms with van der Waals surface area (Å²) in [6.07, 6.45) is 9.87. The Morgan fingerprint density at radius 1 is 0.684 bits per heavy atom. The lowest BCUT2D eigenvalue weighted by Gasteiger charge is -2.21. The Morgan fingerprint density at radius 3 is 1.74 bits per heavy atom. The first-order chi connectivity index (χ1) is 18.3. The van der Waals surface area contributed by atoms with E-state index < -0.39 is 0 Å². The van der Waals surface area contributed by atoms with Crippen molar-refractivity contribution in [2.45, 2.75) is 78.1 Å². The van der Waals surface area contributed by atoms with Gasteiger partial charge in [-0.1, -0.05) is 39.5 Å². The number of esters is 2. The van der Waals surface area contributed by atoms with E-state index in [0.717, 1.165) is 45.1 Å². The zero-order valence-corrected chi connectivity index (χ0v) is 24.1. The second kappa shape index (κ2) is 24.9. The van der Waals surface area contributed by atoms with Gasteiger partial charge < -0.3 is 29.3 Å². The molecule has 0 aromatic heterocycles. The number of nitrogens with zero attached hydrogens (tertiary/aromatic N) is 2. The van der Waals surface area contributed by atoms with E-state index in [2.05, 4.69) is 19.2 Å². The number of hydrogen-bond donors (Lipinski definition) is 1. The summed E-state index contributed by atoms with van der Waals surface area (Å²) < 4.78 is 16.0. The van der Waals surface area contributed by atoms with Crippen molar-refractivity contribution in [1.82, 2.24) is 15.1 Å². The molecule has 10 nitrogen and oxygen atoms in total. The van der Waals surface area contributed by atoms with Crippen LogP contribution < -0.4 is 5.32 Å². The lowest BCUT2D eigenvalue weighted by atomic mass is 10.2. The van der Waals surface area contributed by atoms with Gasteiger partial charge in [-0.25, -0.2) is 0 Å². The average molecular weight is 542 g/mol. The topological polar surface area (TPSA) is 114 Å². The summed E-state index contributed by atoms with van der Waals surface area (Å²) >= 11 is 0. The standard InChI is InChI=1S/C28H51N3O7/c1-5-7-9-13-27(34)37-21-11-18-31(19-12-22-38-28(35)14-10-8-6-2)26(33)16-15-25(32)29-17-23-36-24-20-30(3)4/h15-16H,5-14,17-24H2,1-4H3,(H,29,32). The van der Waals surface area contributed by atoms with E-state index in [0.29, 0.717) is 58.5 Å². The SMILES string of the molecule is CCCCCC(=O)OCCCN(CCCOC(=O)CCCCC)C(=O)C=CC(=O)NCCOCCN(C)C. The molecule has 0 unspecified atom stereocenters. The Balaban J connectivity index is 4.56. The van der Waals surface area contributed by atoms with E-state index in [4.69, 9.17) is 14.2 Å². The number of hydrogen-bond acceptors (Lipinski definition) is 8. The van der Waals surface area contributed by atoms with Crippen molar-refractivity contribution in [2.24, 2.45) is 0 Å².